The third kappa shape index (κ3) is 4.04. The van der Waals surface area contributed by atoms with Crippen molar-refractivity contribution in [2.75, 3.05) is 25.0 Å². The molecule has 147 valence electrons. The highest BCUT2D eigenvalue weighted by Crippen LogP contribution is 2.37. The first-order valence-corrected chi connectivity index (χ1v) is 9.46. The van der Waals surface area contributed by atoms with E-state index in [2.05, 4.69) is 27.1 Å². The maximum Gasteiger partial charge on any atom is 0.418 e. The number of aromatic nitrogens is 1. The van der Waals surface area contributed by atoms with Gasteiger partial charge in [0.05, 0.1) is 17.8 Å². The van der Waals surface area contributed by atoms with Gasteiger partial charge in [-0.25, -0.2) is 0 Å². The number of halogens is 3. The second-order valence-corrected chi connectivity index (χ2v) is 7.49. The van der Waals surface area contributed by atoms with Crippen molar-refractivity contribution >= 4 is 11.5 Å². The number of hydrogen-bond acceptors (Lipinski definition) is 4. The fraction of sp³-hybridized carbons (Fsp3) is 0.381. The molecule has 7 heteroatoms. The van der Waals surface area contributed by atoms with Crippen molar-refractivity contribution < 1.29 is 13.2 Å². The molecule has 1 fully saturated rings. The summed E-state index contributed by atoms with van der Waals surface area (Å²) in [7, 11) is 0. The number of alkyl halides is 3. The Morgan fingerprint density at radius 1 is 1.18 bits per heavy atom. The lowest BCUT2D eigenvalue weighted by Crippen LogP contribution is -2.39. The molecule has 2 aliphatic rings. The molecule has 0 saturated carbocycles. The van der Waals surface area contributed by atoms with Gasteiger partial charge >= 0.3 is 6.18 Å². The van der Waals surface area contributed by atoms with E-state index in [0.29, 0.717) is 12.1 Å². The van der Waals surface area contributed by atoms with Crippen LogP contribution >= 0.6 is 0 Å². The summed E-state index contributed by atoms with van der Waals surface area (Å²) in [6.45, 7) is 6.83. The minimum absolute atomic E-state index is 0.0614. The summed E-state index contributed by atoms with van der Waals surface area (Å²) in [6, 6.07) is 7.51. The van der Waals surface area contributed by atoms with Gasteiger partial charge in [-0.3, -0.25) is 14.9 Å². The van der Waals surface area contributed by atoms with Gasteiger partial charge in [-0.1, -0.05) is 19.1 Å². The molecule has 1 radical (unpaired) electrons. The lowest BCUT2D eigenvalue weighted by atomic mass is 9.99. The number of amidine groups is 1. The minimum Gasteiger partial charge on any atom is -0.343 e. The van der Waals surface area contributed by atoms with E-state index in [0.717, 1.165) is 42.2 Å². The van der Waals surface area contributed by atoms with Crippen LogP contribution in [0.2, 0.25) is 0 Å². The second kappa shape index (κ2) is 7.54. The SMILES string of the molecule is CC1CCN(CC2=N[CH]c3ccc(-c4ncccc4C(F)(F)F)cc3N2)CC1. The highest BCUT2D eigenvalue weighted by atomic mass is 19.4. The van der Waals surface area contributed by atoms with Crippen LogP contribution in [0.5, 0.6) is 0 Å². The van der Waals surface area contributed by atoms with Crippen LogP contribution in [0, 0.1) is 12.5 Å². The van der Waals surface area contributed by atoms with Crippen molar-refractivity contribution in [2.24, 2.45) is 10.9 Å². The van der Waals surface area contributed by atoms with E-state index in [-0.39, 0.29) is 5.69 Å². The Morgan fingerprint density at radius 2 is 1.96 bits per heavy atom. The van der Waals surface area contributed by atoms with Gasteiger partial charge in [0.15, 0.2) is 0 Å². The van der Waals surface area contributed by atoms with Gasteiger partial charge in [0.25, 0.3) is 0 Å². The Morgan fingerprint density at radius 3 is 2.71 bits per heavy atom. The molecule has 1 aromatic carbocycles. The molecule has 0 aliphatic carbocycles. The topological polar surface area (TPSA) is 40.5 Å². The van der Waals surface area contributed by atoms with Crippen LogP contribution < -0.4 is 5.32 Å². The number of anilines is 1. The molecule has 1 aromatic heterocycles. The molecular weight excluding hydrogens is 365 g/mol. The average Bonchev–Trinajstić information content (AvgIpc) is 2.68. The number of fused-ring (bicyclic) bond motifs is 1. The van der Waals surface area contributed by atoms with Crippen molar-refractivity contribution in [1.82, 2.24) is 9.88 Å². The molecule has 4 nitrogen and oxygen atoms in total. The molecule has 1 N–H and O–H groups in total. The summed E-state index contributed by atoms with van der Waals surface area (Å²) in [5.74, 6) is 1.57. The zero-order chi connectivity index (χ0) is 19.7. The maximum absolute atomic E-state index is 13.3. The van der Waals surface area contributed by atoms with Gasteiger partial charge in [0.1, 0.15) is 12.4 Å². The number of pyridine rings is 1. The number of rotatable bonds is 3. The summed E-state index contributed by atoms with van der Waals surface area (Å²) in [4.78, 5) is 10.8. The smallest absolute Gasteiger partial charge is 0.343 e. The van der Waals surface area contributed by atoms with E-state index < -0.39 is 11.7 Å². The van der Waals surface area contributed by atoms with Gasteiger partial charge in [-0.05, 0) is 50.0 Å². The fourth-order valence-corrected chi connectivity index (χ4v) is 3.64. The van der Waals surface area contributed by atoms with Gasteiger partial charge < -0.3 is 5.32 Å². The monoisotopic (exact) mass is 387 g/mol. The number of likely N-dealkylation sites (tertiary alicyclic amines) is 1. The van der Waals surface area contributed by atoms with Crippen LogP contribution in [0.3, 0.4) is 0 Å². The summed E-state index contributed by atoms with van der Waals surface area (Å²) in [5, 5.41) is 3.29. The predicted molar refractivity (Wildman–Crippen MR) is 104 cm³/mol. The molecule has 0 bridgehead atoms. The van der Waals surface area contributed by atoms with Crippen LogP contribution in [0.15, 0.2) is 41.5 Å². The third-order valence-electron chi connectivity index (χ3n) is 5.33. The zero-order valence-electron chi connectivity index (χ0n) is 15.6. The Bertz CT molecular complexity index is 883. The van der Waals surface area contributed by atoms with Gasteiger partial charge in [0, 0.05) is 23.0 Å². The van der Waals surface area contributed by atoms with E-state index >= 15 is 0 Å². The van der Waals surface area contributed by atoms with Crippen molar-refractivity contribution in [2.45, 2.75) is 25.9 Å². The number of nitrogens with one attached hydrogen (secondary N) is 1. The number of piperidine rings is 1. The van der Waals surface area contributed by atoms with Gasteiger partial charge in [-0.2, -0.15) is 13.2 Å². The van der Waals surface area contributed by atoms with Crippen LogP contribution in [-0.2, 0) is 6.18 Å². The summed E-state index contributed by atoms with van der Waals surface area (Å²) < 4.78 is 40.0. The molecular formula is C21H22F3N4. The molecule has 0 atom stereocenters. The van der Waals surface area contributed by atoms with Gasteiger partial charge in [-0.15, -0.1) is 0 Å². The zero-order valence-corrected chi connectivity index (χ0v) is 15.6. The normalized spacial score (nSPS) is 18.4. The van der Waals surface area contributed by atoms with E-state index in [4.69, 9.17) is 0 Å². The minimum atomic E-state index is -4.45. The van der Waals surface area contributed by atoms with Crippen LogP contribution in [0.1, 0.15) is 30.9 Å². The van der Waals surface area contributed by atoms with E-state index in [9.17, 15) is 13.2 Å². The average molecular weight is 387 g/mol. The van der Waals surface area contributed by atoms with Crippen molar-refractivity contribution in [3.63, 3.8) is 0 Å². The largest absolute Gasteiger partial charge is 0.418 e. The Balaban J connectivity index is 1.55. The Hall–Kier alpha value is -2.41. The number of aliphatic imine (C=N–C) groups is 1. The molecule has 3 heterocycles. The molecule has 2 aliphatic heterocycles. The number of benzene rings is 1. The van der Waals surface area contributed by atoms with E-state index in [1.807, 2.05) is 0 Å². The number of nitrogens with zero attached hydrogens (tertiary/aromatic N) is 3. The highest BCUT2D eigenvalue weighted by molar-refractivity contribution is 6.00. The first-order valence-electron chi connectivity index (χ1n) is 9.46. The van der Waals surface area contributed by atoms with Crippen LogP contribution in [0.25, 0.3) is 11.3 Å². The summed E-state index contributed by atoms with van der Waals surface area (Å²) >= 11 is 0. The molecule has 1 saturated heterocycles. The van der Waals surface area contributed by atoms with E-state index in [1.54, 1.807) is 24.7 Å². The van der Waals surface area contributed by atoms with E-state index in [1.165, 1.54) is 25.1 Å². The lowest BCUT2D eigenvalue weighted by molar-refractivity contribution is -0.137. The van der Waals surface area contributed by atoms with Crippen molar-refractivity contribution in [3.8, 4) is 11.3 Å². The summed E-state index contributed by atoms with van der Waals surface area (Å²) in [5.41, 5.74) is 1.25. The first kappa shape index (κ1) is 18.9. The summed E-state index contributed by atoms with van der Waals surface area (Å²) in [6.07, 6.45) is -0.708. The third-order valence-corrected chi connectivity index (χ3v) is 5.33. The molecule has 0 spiro atoms. The van der Waals surface area contributed by atoms with Gasteiger partial charge in [0.2, 0.25) is 0 Å². The number of hydrogen-bond donors (Lipinski definition) is 1. The Labute approximate surface area is 162 Å². The molecule has 2 aromatic rings. The standard InChI is InChI=1S/C21H22F3N4/c1-14-6-9-28(10-7-14)13-19-26-12-16-5-4-15(11-18(16)27-19)20-17(21(22,23)24)3-2-8-25-20/h2-5,8,11-12,14H,6-7,9-10,13H2,1H3,(H,26,27). The van der Waals surface area contributed by atoms with Crippen molar-refractivity contribution in [3.05, 3.63) is 54.2 Å². The second-order valence-electron chi connectivity index (χ2n) is 7.49. The predicted octanol–water partition coefficient (Wildman–Crippen LogP) is 4.83. The Kier molecular flexibility index (Phi) is 5.10. The highest BCUT2D eigenvalue weighted by Gasteiger charge is 2.34. The molecule has 0 amide bonds. The molecule has 0 unspecified atom stereocenters. The van der Waals surface area contributed by atoms with Crippen LogP contribution in [0.4, 0.5) is 18.9 Å². The molecule has 28 heavy (non-hydrogen) atoms. The first-order chi connectivity index (χ1) is 13.4. The lowest BCUT2D eigenvalue weighted by Gasteiger charge is -2.31. The quantitative estimate of drug-likeness (QED) is 0.820. The molecule has 4 rings (SSSR count). The van der Waals surface area contributed by atoms with Crippen molar-refractivity contribution in [1.29, 1.82) is 0 Å². The maximum atomic E-state index is 13.3. The van der Waals surface area contributed by atoms with Crippen LogP contribution in [-0.4, -0.2) is 35.4 Å². The fourth-order valence-electron chi connectivity index (χ4n) is 3.64.